The van der Waals surface area contributed by atoms with Crippen LogP contribution in [-0.2, 0) is 6.18 Å². The summed E-state index contributed by atoms with van der Waals surface area (Å²) in [6.07, 6.45) is -2.83. The molecular formula is C13H9F3N4O. The van der Waals surface area contributed by atoms with Crippen molar-refractivity contribution in [3.8, 4) is 0 Å². The molecule has 3 aromatic rings. The number of anilines is 1. The zero-order chi connectivity index (χ0) is 15.0. The van der Waals surface area contributed by atoms with Crippen molar-refractivity contribution in [2.45, 2.75) is 6.18 Å². The van der Waals surface area contributed by atoms with Crippen LogP contribution in [0.5, 0.6) is 0 Å². The fourth-order valence-electron chi connectivity index (χ4n) is 1.94. The second-order valence-corrected chi connectivity index (χ2v) is 4.37. The first-order valence-corrected chi connectivity index (χ1v) is 5.95. The van der Waals surface area contributed by atoms with E-state index in [2.05, 4.69) is 20.5 Å². The van der Waals surface area contributed by atoms with Crippen LogP contribution in [0.1, 0.15) is 16.1 Å². The minimum absolute atomic E-state index is 0.179. The first-order chi connectivity index (χ1) is 9.95. The monoisotopic (exact) mass is 294 g/mol. The SMILES string of the molecule is O=C(Nc1n[nH]c2cc(C(F)(F)F)ccc12)c1ccc[nH]1. The molecule has 0 aliphatic heterocycles. The Morgan fingerprint density at radius 3 is 2.71 bits per heavy atom. The molecule has 0 spiro atoms. The van der Waals surface area contributed by atoms with Crippen molar-refractivity contribution in [1.29, 1.82) is 0 Å². The molecule has 0 saturated heterocycles. The van der Waals surface area contributed by atoms with Gasteiger partial charge in [-0.2, -0.15) is 18.3 Å². The smallest absolute Gasteiger partial charge is 0.357 e. The number of hydrogen-bond donors (Lipinski definition) is 3. The molecule has 0 aliphatic carbocycles. The number of rotatable bonds is 2. The van der Waals surface area contributed by atoms with Gasteiger partial charge >= 0.3 is 6.18 Å². The fourth-order valence-corrected chi connectivity index (χ4v) is 1.94. The Morgan fingerprint density at radius 1 is 1.24 bits per heavy atom. The van der Waals surface area contributed by atoms with Crippen LogP contribution in [-0.4, -0.2) is 21.1 Å². The third-order valence-electron chi connectivity index (χ3n) is 2.96. The van der Waals surface area contributed by atoms with E-state index in [4.69, 9.17) is 0 Å². The average molecular weight is 294 g/mol. The Labute approximate surface area is 116 Å². The molecule has 21 heavy (non-hydrogen) atoms. The van der Waals surface area contributed by atoms with Gasteiger partial charge in [0.2, 0.25) is 0 Å². The number of alkyl halides is 3. The van der Waals surface area contributed by atoms with Gasteiger partial charge in [0.15, 0.2) is 5.82 Å². The number of carbonyl (C=O) groups excluding carboxylic acids is 1. The summed E-state index contributed by atoms with van der Waals surface area (Å²) in [4.78, 5) is 14.6. The van der Waals surface area contributed by atoms with Crippen molar-refractivity contribution in [2.24, 2.45) is 0 Å². The molecule has 108 valence electrons. The van der Waals surface area contributed by atoms with E-state index >= 15 is 0 Å². The van der Waals surface area contributed by atoms with Crippen LogP contribution in [0.25, 0.3) is 10.9 Å². The average Bonchev–Trinajstić information content (AvgIpc) is 3.07. The number of nitrogens with zero attached hydrogens (tertiary/aromatic N) is 1. The minimum atomic E-state index is -4.42. The Balaban J connectivity index is 1.92. The second-order valence-electron chi connectivity index (χ2n) is 4.37. The Kier molecular flexibility index (Phi) is 2.93. The van der Waals surface area contributed by atoms with E-state index in [9.17, 15) is 18.0 Å². The summed E-state index contributed by atoms with van der Waals surface area (Å²) in [5.41, 5.74) is -0.245. The number of hydrogen-bond acceptors (Lipinski definition) is 2. The molecule has 1 amide bonds. The molecule has 3 rings (SSSR count). The maximum absolute atomic E-state index is 12.6. The van der Waals surface area contributed by atoms with Crippen molar-refractivity contribution in [1.82, 2.24) is 15.2 Å². The first-order valence-electron chi connectivity index (χ1n) is 5.95. The van der Waals surface area contributed by atoms with E-state index in [1.54, 1.807) is 18.3 Å². The zero-order valence-corrected chi connectivity index (χ0v) is 10.5. The number of carbonyl (C=O) groups is 1. The molecule has 0 bridgehead atoms. The number of nitrogens with one attached hydrogen (secondary N) is 3. The summed E-state index contributed by atoms with van der Waals surface area (Å²) in [6.45, 7) is 0. The van der Waals surface area contributed by atoms with Crippen LogP contribution in [0.4, 0.5) is 19.0 Å². The zero-order valence-electron chi connectivity index (χ0n) is 10.5. The van der Waals surface area contributed by atoms with Gasteiger partial charge in [0.25, 0.3) is 5.91 Å². The predicted octanol–water partition coefficient (Wildman–Crippen LogP) is 3.16. The van der Waals surface area contributed by atoms with Crippen molar-refractivity contribution < 1.29 is 18.0 Å². The van der Waals surface area contributed by atoms with Crippen molar-refractivity contribution in [2.75, 3.05) is 5.32 Å². The quantitative estimate of drug-likeness (QED) is 0.679. The third kappa shape index (κ3) is 2.47. The van der Waals surface area contributed by atoms with Gasteiger partial charge < -0.3 is 10.3 Å². The highest BCUT2D eigenvalue weighted by molar-refractivity contribution is 6.06. The summed E-state index contributed by atoms with van der Waals surface area (Å²) in [6, 6.07) is 6.40. The first kappa shape index (κ1) is 13.2. The summed E-state index contributed by atoms with van der Waals surface area (Å²) < 4.78 is 37.8. The third-order valence-corrected chi connectivity index (χ3v) is 2.96. The summed E-state index contributed by atoms with van der Waals surface area (Å²) in [5.74, 6) is -0.244. The van der Waals surface area contributed by atoms with E-state index in [1.807, 2.05) is 0 Å². The summed E-state index contributed by atoms with van der Waals surface area (Å²) >= 11 is 0. The number of fused-ring (bicyclic) bond motifs is 1. The number of halogens is 3. The predicted molar refractivity (Wildman–Crippen MR) is 69.8 cm³/mol. The lowest BCUT2D eigenvalue weighted by Crippen LogP contribution is -2.12. The van der Waals surface area contributed by atoms with E-state index in [-0.39, 0.29) is 11.3 Å². The van der Waals surface area contributed by atoms with Crippen LogP contribution in [0.2, 0.25) is 0 Å². The number of amides is 1. The number of benzene rings is 1. The van der Waals surface area contributed by atoms with Gasteiger partial charge in [0.1, 0.15) is 5.69 Å². The Hall–Kier alpha value is -2.77. The van der Waals surface area contributed by atoms with Gasteiger partial charge in [-0.1, -0.05) is 0 Å². The van der Waals surface area contributed by atoms with E-state index in [0.29, 0.717) is 11.1 Å². The maximum atomic E-state index is 12.6. The lowest BCUT2D eigenvalue weighted by molar-refractivity contribution is -0.137. The number of aromatic amines is 2. The van der Waals surface area contributed by atoms with Crippen LogP contribution < -0.4 is 5.32 Å². The summed E-state index contributed by atoms with van der Waals surface area (Å²) in [5, 5.41) is 9.24. The van der Waals surface area contributed by atoms with Gasteiger partial charge in [-0.3, -0.25) is 9.89 Å². The molecule has 1 aromatic carbocycles. The molecule has 2 aromatic heterocycles. The normalized spacial score (nSPS) is 11.8. The van der Waals surface area contributed by atoms with Gasteiger partial charge in [0.05, 0.1) is 11.1 Å². The fraction of sp³-hybridized carbons (Fsp3) is 0.0769. The lowest BCUT2D eigenvalue weighted by Gasteiger charge is -2.06. The number of aromatic nitrogens is 3. The van der Waals surface area contributed by atoms with E-state index < -0.39 is 17.6 Å². The van der Waals surface area contributed by atoms with Gasteiger partial charge in [-0.25, -0.2) is 0 Å². The molecule has 0 fully saturated rings. The molecule has 2 heterocycles. The minimum Gasteiger partial charge on any atom is -0.357 e. The molecule has 5 nitrogen and oxygen atoms in total. The van der Waals surface area contributed by atoms with E-state index in [0.717, 1.165) is 12.1 Å². The molecule has 8 heteroatoms. The highest BCUT2D eigenvalue weighted by atomic mass is 19.4. The van der Waals surface area contributed by atoms with Crippen molar-refractivity contribution >= 4 is 22.6 Å². The maximum Gasteiger partial charge on any atom is 0.416 e. The second kappa shape index (κ2) is 4.65. The largest absolute Gasteiger partial charge is 0.416 e. The Morgan fingerprint density at radius 2 is 2.05 bits per heavy atom. The molecule has 0 atom stereocenters. The topological polar surface area (TPSA) is 73.6 Å². The van der Waals surface area contributed by atoms with Gasteiger partial charge in [0, 0.05) is 11.6 Å². The lowest BCUT2D eigenvalue weighted by atomic mass is 10.1. The highest BCUT2D eigenvalue weighted by Gasteiger charge is 2.30. The number of H-pyrrole nitrogens is 2. The summed E-state index contributed by atoms with van der Waals surface area (Å²) in [7, 11) is 0. The van der Waals surface area contributed by atoms with Crippen LogP contribution in [0.15, 0.2) is 36.5 Å². The molecule has 3 N–H and O–H groups in total. The van der Waals surface area contributed by atoms with Crippen molar-refractivity contribution in [3.63, 3.8) is 0 Å². The molecule has 0 unspecified atom stereocenters. The molecule has 0 radical (unpaired) electrons. The van der Waals surface area contributed by atoms with Crippen LogP contribution in [0, 0.1) is 0 Å². The van der Waals surface area contributed by atoms with Crippen LogP contribution in [0.3, 0.4) is 0 Å². The van der Waals surface area contributed by atoms with Crippen LogP contribution >= 0.6 is 0 Å². The molecular weight excluding hydrogens is 285 g/mol. The van der Waals surface area contributed by atoms with Gasteiger partial charge in [-0.05, 0) is 30.3 Å². The molecule has 0 aliphatic rings. The van der Waals surface area contributed by atoms with Gasteiger partial charge in [-0.15, -0.1) is 0 Å². The highest BCUT2D eigenvalue weighted by Crippen LogP contribution is 2.32. The van der Waals surface area contributed by atoms with E-state index in [1.165, 1.54) is 6.07 Å². The standard InChI is InChI=1S/C13H9F3N4O/c14-13(15,16)7-3-4-8-10(6-7)19-20-11(8)18-12(21)9-2-1-5-17-9/h1-6,17H,(H2,18,19,20,21). The van der Waals surface area contributed by atoms with Crippen molar-refractivity contribution in [3.05, 3.63) is 47.8 Å². The molecule has 0 saturated carbocycles. The Bertz CT molecular complexity index is 789.